The molecule has 4 aromatic rings. The molecule has 0 fully saturated rings. The molecule has 7 nitrogen and oxygen atoms in total. The number of ether oxygens (including phenoxy) is 2. The summed E-state index contributed by atoms with van der Waals surface area (Å²) in [6.07, 6.45) is 0. The third-order valence-corrected chi connectivity index (χ3v) is 6.73. The monoisotopic (exact) mass is 508 g/mol. The maximum absolute atomic E-state index is 12.9. The lowest BCUT2D eigenvalue weighted by Crippen LogP contribution is -2.30. The van der Waals surface area contributed by atoms with Crippen molar-refractivity contribution in [3.05, 3.63) is 83.4 Å². The van der Waals surface area contributed by atoms with E-state index in [4.69, 9.17) is 21.1 Å². The first kappa shape index (κ1) is 24.6. The third-order valence-electron chi connectivity index (χ3n) is 5.36. The average Bonchev–Trinajstić information content (AvgIpc) is 3.30. The van der Waals surface area contributed by atoms with Crippen LogP contribution in [0.2, 0.25) is 5.02 Å². The van der Waals surface area contributed by atoms with Crippen molar-refractivity contribution in [2.75, 3.05) is 14.2 Å². The average molecular weight is 509 g/mol. The number of halogens is 1. The van der Waals surface area contributed by atoms with Crippen molar-refractivity contribution in [3.8, 4) is 28.6 Å². The molecule has 1 N–H and O–H groups in total. The van der Waals surface area contributed by atoms with Gasteiger partial charge in [0.05, 0.1) is 24.5 Å². The number of benzene rings is 3. The molecule has 0 radical (unpaired) electrons. The summed E-state index contributed by atoms with van der Waals surface area (Å²) in [6, 6.07) is 22.6. The largest absolute Gasteiger partial charge is 0.497 e. The van der Waals surface area contributed by atoms with Gasteiger partial charge in [0.2, 0.25) is 5.91 Å². The Morgan fingerprint density at radius 2 is 1.60 bits per heavy atom. The number of thioether (sulfide) groups is 1. The lowest BCUT2D eigenvalue weighted by atomic mass is 10.2. The highest BCUT2D eigenvalue weighted by Gasteiger charge is 2.22. The van der Waals surface area contributed by atoms with E-state index in [0.29, 0.717) is 22.5 Å². The van der Waals surface area contributed by atoms with E-state index in [1.807, 2.05) is 84.3 Å². The molecule has 1 heterocycles. The van der Waals surface area contributed by atoms with E-state index in [1.54, 1.807) is 14.2 Å². The highest BCUT2D eigenvalue weighted by Crippen LogP contribution is 2.33. The minimum Gasteiger partial charge on any atom is -0.497 e. The summed E-state index contributed by atoms with van der Waals surface area (Å²) in [5, 5.41) is 12.5. The quantitative estimate of drug-likeness (QED) is 0.305. The first-order chi connectivity index (χ1) is 17.0. The zero-order valence-corrected chi connectivity index (χ0v) is 21.1. The number of nitrogens with one attached hydrogen (secondary N) is 1. The van der Waals surface area contributed by atoms with E-state index in [0.717, 1.165) is 28.3 Å². The van der Waals surface area contributed by atoms with Crippen molar-refractivity contribution in [3.63, 3.8) is 0 Å². The van der Waals surface area contributed by atoms with Crippen molar-refractivity contribution in [2.45, 2.75) is 23.9 Å². The normalized spacial score (nSPS) is 11.7. The molecular weight excluding hydrogens is 484 g/mol. The van der Waals surface area contributed by atoms with Gasteiger partial charge >= 0.3 is 0 Å². The van der Waals surface area contributed by atoms with Crippen LogP contribution in [0, 0.1) is 0 Å². The number of carbonyl (C=O) groups excluding carboxylic acids is 1. The van der Waals surface area contributed by atoms with Gasteiger partial charge in [0.15, 0.2) is 11.0 Å². The Labute approximate surface area is 213 Å². The summed E-state index contributed by atoms with van der Waals surface area (Å²) < 4.78 is 12.4. The van der Waals surface area contributed by atoms with Gasteiger partial charge in [-0.25, -0.2) is 0 Å². The van der Waals surface area contributed by atoms with Crippen LogP contribution in [0.15, 0.2) is 78.0 Å². The maximum Gasteiger partial charge on any atom is 0.233 e. The van der Waals surface area contributed by atoms with E-state index >= 15 is 0 Å². The van der Waals surface area contributed by atoms with Crippen molar-refractivity contribution in [1.29, 1.82) is 0 Å². The van der Waals surface area contributed by atoms with E-state index in [9.17, 15) is 4.79 Å². The summed E-state index contributed by atoms with van der Waals surface area (Å²) in [5.41, 5.74) is 2.57. The number of methoxy groups -OCH3 is 2. The van der Waals surface area contributed by atoms with Crippen molar-refractivity contribution in [2.24, 2.45) is 0 Å². The molecule has 0 aliphatic heterocycles. The summed E-state index contributed by atoms with van der Waals surface area (Å²) in [7, 11) is 3.24. The van der Waals surface area contributed by atoms with Gasteiger partial charge in [-0.15, -0.1) is 10.2 Å². The van der Waals surface area contributed by atoms with Crippen LogP contribution in [-0.2, 0) is 11.3 Å². The Morgan fingerprint density at radius 3 is 2.23 bits per heavy atom. The molecule has 9 heteroatoms. The van der Waals surface area contributed by atoms with Gasteiger partial charge in [-0.1, -0.05) is 47.6 Å². The molecule has 3 aromatic carbocycles. The molecule has 180 valence electrons. The SMILES string of the molecule is COc1ccc(CNC(=O)[C@@H](C)Sc2nnc(-c3ccccc3Cl)n2-c2ccc(OC)cc2)cc1. The molecule has 0 aliphatic carbocycles. The fourth-order valence-electron chi connectivity index (χ4n) is 3.42. The Kier molecular flexibility index (Phi) is 7.94. The molecule has 35 heavy (non-hydrogen) atoms. The van der Waals surface area contributed by atoms with E-state index in [2.05, 4.69) is 15.5 Å². The van der Waals surface area contributed by atoms with E-state index in [1.165, 1.54) is 11.8 Å². The molecule has 1 atom stereocenters. The maximum atomic E-state index is 12.9. The Morgan fingerprint density at radius 1 is 0.971 bits per heavy atom. The van der Waals surface area contributed by atoms with Crippen molar-refractivity contribution >= 4 is 29.3 Å². The van der Waals surface area contributed by atoms with E-state index < -0.39 is 5.25 Å². The molecule has 0 bridgehead atoms. The smallest absolute Gasteiger partial charge is 0.233 e. The number of rotatable bonds is 9. The van der Waals surface area contributed by atoms with Crippen LogP contribution < -0.4 is 14.8 Å². The fraction of sp³-hybridized carbons (Fsp3) is 0.192. The minimum atomic E-state index is -0.409. The molecule has 0 saturated heterocycles. The van der Waals surface area contributed by atoms with Crippen LogP contribution in [0.5, 0.6) is 11.5 Å². The number of hydrogen-bond donors (Lipinski definition) is 1. The van der Waals surface area contributed by atoms with Crippen LogP contribution in [0.3, 0.4) is 0 Å². The van der Waals surface area contributed by atoms with Gasteiger partial charge in [-0.3, -0.25) is 9.36 Å². The molecule has 1 amide bonds. The summed E-state index contributed by atoms with van der Waals surface area (Å²) in [6.45, 7) is 2.26. The molecule has 4 rings (SSSR count). The number of aromatic nitrogens is 3. The lowest BCUT2D eigenvalue weighted by Gasteiger charge is -2.15. The predicted molar refractivity (Wildman–Crippen MR) is 139 cm³/mol. The van der Waals surface area contributed by atoms with Gasteiger partial charge in [0.1, 0.15) is 11.5 Å². The van der Waals surface area contributed by atoms with Crippen LogP contribution in [-0.4, -0.2) is 40.1 Å². The van der Waals surface area contributed by atoms with Gasteiger partial charge in [-0.2, -0.15) is 0 Å². The summed E-state index contributed by atoms with van der Waals surface area (Å²) >= 11 is 7.80. The first-order valence-electron chi connectivity index (χ1n) is 10.9. The molecule has 1 aromatic heterocycles. The molecule has 0 spiro atoms. The molecule has 0 unspecified atom stereocenters. The van der Waals surface area contributed by atoms with Gasteiger partial charge in [0.25, 0.3) is 0 Å². The van der Waals surface area contributed by atoms with E-state index in [-0.39, 0.29) is 5.91 Å². The van der Waals surface area contributed by atoms with Crippen molar-refractivity contribution < 1.29 is 14.3 Å². The summed E-state index contributed by atoms with van der Waals surface area (Å²) in [4.78, 5) is 12.9. The Hall–Kier alpha value is -3.49. The second-order valence-electron chi connectivity index (χ2n) is 7.65. The van der Waals surface area contributed by atoms with Gasteiger partial charge in [0, 0.05) is 17.8 Å². The number of nitrogens with zero attached hydrogens (tertiary/aromatic N) is 3. The topological polar surface area (TPSA) is 78.3 Å². The highest BCUT2D eigenvalue weighted by molar-refractivity contribution is 8.00. The zero-order valence-electron chi connectivity index (χ0n) is 19.6. The summed E-state index contributed by atoms with van der Waals surface area (Å²) in [5.74, 6) is 2.00. The first-order valence-corrected chi connectivity index (χ1v) is 12.2. The number of amides is 1. The molecule has 0 aliphatic rings. The molecule has 0 saturated carbocycles. The second kappa shape index (κ2) is 11.3. The third kappa shape index (κ3) is 5.78. The standard InChI is InChI=1S/C26H25ClN4O3S/c1-17(25(32)28-16-18-8-12-20(33-2)13-9-18)35-26-30-29-24(22-6-4-5-7-23(22)27)31(26)19-10-14-21(34-3)15-11-19/h4-15,17H,16H2,1-3H3,(H,28,32)/t17-/m1/s1. The number of carbonyl (C=O) groups is 1. The van der Waals surface area contributed by atoms with Crippen LogP contribution in [0.1, 0.15) is 12.5 Å². The highest BCUT2D eigenvalue weighted by atomic mass is 35.5. The Bertz CT molecular complexity index is 1290. The fourth-order valence-corrected chi connectivity index (χ4v) is 4.53. The minimum absolute atomic E-state index is 0.102. The Balaban J connectivity index is 1.57. The van der Waals surface area contributed by atoms with Crippen LogP contribution >= 0.6 is 23.4 Å². The van der Waals surface area contributed by atoms with Crippen molar-refractivity contribution in [1.82, 2.24) is 20.1 Å². The number of hydrogen-bond acceptors (Lipinski definition) is 6. The molecular formula is C26H25ClN4O3S. The van der Waals surface area contributed by atoms with Crippen LogP contribution in [0.25, 0.3) is 17.1 Å². The predicted octanol–water partition coefficient (Wildman–Crippen LogP) is 5.40. The van der Waals surface area contributed by atoms with Gasteiger partial charge < -0.3 is 14.8 Å². The van der Waals surface area contributed by atoms with Gasteiger partial charge in [-0.05, 0) is 61.0 Å². The lowest BCUT2D eigenvalue weighted by molar-refractivity contribution is -0.120. The second-order valence-corrected chi connectivity index (χ2v) is 9.36. The van der Waals surface area contributed by atoms with Crippen LogP contribution in [0.4, 0.5) is 0 Å². The zero-order chi connectivity index (χ0) is 24.8.